The molecule has 0 saturated carbocycles. The molecule has 17 heavy (non-hydrogen) atoms. The monoisotopic (exact) mass is 240 g/mol. The number of aliphatic hydroxyl groups excluding tert-OH is 1. The third-order valence-corrected chi connectivity index (χ3v) is 3.01. The number of aromatic nitrogens is 2. The molecule has 2 heterocycles. The number of hydrogen-bond donors (Lipinski definition) is 3. The van der Waals surface area contributed by atoms with Crippen LogP contribution in [0.1, 0.15) is 13.3 Å². The lowest BCUT2D eigenvalue weighted by molar-refractivity contribution is 0.198. The first kappa shape index (κ1) is 11.7. The zero-order valence-electron chi connectivity index (χ0n) is 9.64. The number of nitrogens with one attached hydrogen (secondary N) is 1. The van der Waals surface area contributed by atoms with E-state index >= 15 is 0 Å². The van der Waals surface area contributed by atoms with Crippen LogP contribution in [0.5, 0.6) is 0 Å². The van der Waals surface area contributed by atoms with Crippen LogP contribution >= 0.6 is 0 Å². The van der Waals surface area contributed by atoms with Crippen LogP contribution in [0.25, 0.3) is 0 Å². The summed E-state index contributed by atoms with van der Waals surface area (Å²) in [5.74, 6) is 0.162. The number of aromatic amines is 1. The smallest absolute Gasteiger partial charge is 0.330 e. The third-order valence-electron chi connectivity index (χ3n) is 3.01. The third kappa shape index (κ3) is 1.93. The molecule has 7 nitrogen and oxygen atoms in total. The van der Waals surface area contributed by atoms with Crippen molar-refractivity contribution >= 4 is 11.5 Å². The summed E-state index contributed by atoms with van der Waals surface area (Å²) in [6.45, 7) is 3.11. The standard InChI is InChI=1S/C10H16N4O3/c1-2-14-8(11)7(9(16)12-10(14)17)13-4-3-6(15)5-13/h6,15H,2-5,11H2,1H3,(H,12,16,17). The average molecular weight is 240 g/mol. The number of nitrogens with zero attached hydrogens (tertiary/aromatic N) is 2. The van der Waals surface area contributed by atoms with Crippen molar-refractivity contribution < 1.29 is 5.11 Å². The Balaban J connectivity index is 2.54. The van der Waals surface area contributed by atoms with E-state index in [4.69, 9.17) is 5.73 Å². The van der Waals surface area contributed by atoms with Crippen LogP contribution in [-0.2, 0) is 6.54 Å². The van der Waals surface area contributed by atoms with E-state index in [2.05, 4.69) is 4.98 Å². The largest absolute Gasteiger partial charge is 0.391 e. The molecule has 0 spiro atoms. The summed E-state index contributed by atoms with van der Waals surface area (Å²) in [7, 11) is 0. The highest BCUT2D eigenvalue weighted by Crippen LogP contribution is 2.21. The van der Waals surface area contributed by atoms with Crippen LogP contribution in [0.2, 0.25) is 0 Å². The van der Waals surface area contributed by atoms with E-state index in [0.29, 0.717) is 26.1 Å². The predicted molar refractivity (Wildman–Crippen MR) is 64.2 cm³/mol. The lowest BCUT2D eigenvalue weighted by Gasteiger charge is -2.20. The van der Waals surface area contributed by atoms with Gasteiger partial charge in [-0.3, -0.25) is 14.3 Å². The molecule has 1 saturated heterocycles. The minimum Gasteiger partial charge on any atom is -0.391 e. The molecule has 0 radical (unpaired) electrons. The van der Waals surface area contributed by atoms with Gasteiger partial charge in [0.2, 0.25) is 0 Å². The Morgan fingerprint density at radius 1 is 1.53 bits per heavy atom. The van der Waals surface area contributed by atoms with E-state index in [1.807, 2.05) is 0 Å². The van der Waals surface area contributed by atoms with Crippen molar-refractivity contribution in [3.05, 3.63) is 20.8 Å². The first-order valence-corrected chi connectivity index (χ1v) is 5.60. The van der Waals surface area contributed by atoms with Crippen LogP contribution in [0.15, 0.2) is 9.59 Å². The van der Waals surface area contributed by atoms with Gasteiger partial charge in [-0.05, 0) is 13.3 Å². The maximum atomic E-state index is 11.8. The number of β-amino-alcohol motifs (C(OH)–C–C–N with tert-alkyl or cyclic N) is 1. The Morgan fingerprint density at radius 3 is 2.76 bits per heavy atom. The van der Waals surface area contributed by atoms with Crippen LogP contribution in [0, 0.1) is 0 Å². The van der Waals surface area contributed by atoms with E-state index in [-0.39, 0.29) is 11.5 Å². The minimum atomic E-state index is -0.501. The predicted octanol–water partition coefficient (Wildman–Crippen LogP) is -1.29. The van der Waals surface area contributed by atoms with Crippen LogP contribution in [-0.4, -0.2) is 33.9 Å². The van der Waals surface area contributed by atoms with Crippen LogP contribution in [0.4, 0.5) is 11.5 Å². The van der Waals surface area contributed by atoms with Crippen LogP contribution < -0.4 is 21.9 Å². The van der Waals surface area contributed by atoms with Gasteiger partial charge in [0.15, 0.2) is 0 Å². The normalized spacial score (nSPS) is 19.9. The van der Waals surface area contributed by atoms with E-state index in [1.165, 1.54) is 4.57 Å². The van der Waals surface area contributed by atoms with Crippen molar-refractivity contribution in [3.8, 4) is 0 Å². The first-order chi connectivity index (χ1) is 8.04. The topological polar surface area (TPSA) is 104 Å². The number of nitrogens with two attached hydrogens (primary N) is 1. The second kappa shape index (κ2) is 4.25. The summed E-state index contributed by atoms with van der Waals surface area (Å²) in [5.41, 5.74) is 5.13. The molecule has 0 amide bonds. The summed E-state index contributed by atoms with van der Waals surface area (Å²) in [5, 5.41) is 9.46. The summed E-state index contributed by atoms with van der Waals surface area (Å²) in [4.78, 5) is 27.2. The second-order valence-corrected chi connectivity index (χ2v) is 4.13. The van der Waals surface area contributed by atoms with E-state index in [0.717, 1.165) is 0 Å². The minimum absolute atomic E-state index is 0.162. The zero-order chi connectivity index (χ0) is 12.6. The van der Waals surface area contributed by atoms with Crippen molar-refractivity contribution in [2.45, 2.75) is 26.0 Å². The molecule has 1 fully saturated rings. The molecule has 94 valence electrons. The second-order valence-electron chi connectivity index (χ2n) is 4.13. The molecule has 0 bridgehead atoms. The fourth-order valence-corrected chi connectivity index (χ4v) is 2.14. The molecular formula is C10H16N4O3. The van der Waals surface area contributed by atoms with Crippen molar-refractivity contribution in [3.63, 3.8) is 0 Å². The lowest BCUT2D eigenvalue weighted by atomic mass is 10.3. The maximum absolute atomic E-state index is 11.8. The average Bonchev–Trinajstić information content (AvgIpc) is 2.64. The van der Waals surface area contributed by atoms with Gasteiger partial charge in [-0.25, -0.2) is 4.79 Å². The Labute approximate surface area is 97.5 Å². The molecule has 1 unspecified atom stereocenters. The maximum Gasteiger partial charge on any atom is 0.330 e. The van der Waals surface area contributed by atoms with Gasteiger partial charge in [-0.2, -0.15) is 0 Å². The number of anilines is 2. The molecule has 0 aliphatic carbocycles. The van der Waals surface area contributed by atoms with Gasteiger partial charge in [-0.1, -0.05) is 0 Å². The van der Waals surface area contributed by atoms with Crippen molar-refractivity contribution in [1.29, 1.82) is 0 Å². The molecule has 1 aliphatic rings. The molecule has 7 heteroatoms. The Morgan fingerprint density at radius 2 is 2.24 bits per heavy atom. The molecule has 0 aromatic carbocycles. The highest BCUT2D eigenvalue weighted by atomic mass is 16.3. The highest BCUT2D eigenvalue weighted by Gasteiger charge is 2.25. The highest BCUT2D eigenvalue weighted by molar-refractivity contribution is 5.63. The number of aliphatic hydroxyl groups is 1. The molecule has 1 aliphatic heterocycles. The summed E-state index contributed by atoms with van der Waals surface area (Å²) < 4.78 is 1.31. The lowest BCUT2D eigenvalue weighted by Crippen LogP contribution is -2.37. The fourth-order valence-electron chi connectivity index (χ4n) is 2.14. The number of rotatable bonds is 2. The molecule has 1 aromatic rings. The number of H-pyrrole nitrogens is 1. The van der Waals surface area contributed by atoms with Gasteiger partial charge < -0.3 is 15.7 Å². The van der Waals surface area contributed by atoms with Gasteiger partial charge in [0.1, 0.15) is 11.5 Å². The quantitative estimate of drug-likeness (QED) is 0.596. The van der Waals surface area contributed by atoms with Gasteiger partial charge >= 0.3 is 5.69 Å². The molecule has 4 N–H and O–H groups in total. The Bertz CT molecular complexity index is 533. The van der Waals surface area contributed by atoms with Gasteiger partial charge in [0, 0.05) is 19.6 Å². The summed E-state index contributed by atoms with van der Waals surface area (Å²) >= 11 is 0. The summed E-state index contributed by atoms with van der Waals surface area (Å²) in [6, 6.07) is 0. The van der Waals surface area contributed by atoms with Gasteiger partial charge in [-0.15, -0.1) is 0 Å². The Kier molecular flexibility index (Phi) is 2.93. The number of hydrogen-bond acceptors (Lipinski definition) is 5. The van der Waals surface area contributed by atoms with E-state index in [1.54, 1.807) is 11.8 Å². The van der Waals surface area contributed by atoms with Crippen molar-refractivity contribution in [1.82, 2.24) is 9.55 Å². The Hall–Kier alpha value is -1.76. The van der Waals surface area contributed by atoms with Crippen LogP contribution in [0.3, 0.4) is 0 Å². The fraction of sp³-hybridized carbons (Fsp3) is 0.600. The SMILES string of the molecule is CCn1c(N)c(N2CCC(O)C2)c(=O)[nH]c1=O. The van der Waals surface area contributed by atoms with E-state index < -0.39 is 17.4 Å². The number of nitrogen functional groups attached to an aromatic ring is 1. The van der Waals surface area contributed by atoms with Gasteiger partial charge in [0.25, 0.3) is 5.56 Å². The molecule has 2 rings (SSSR count). The van der Waals surface area contributed by atoms with Gasteiger partial charge in [0.05, 0.1) is 6.10 Å². The zero-order valence-corrected chi connectivity index (χ0v) is 9.64. The van der Waals surface area contributed by atoms with Crippen molar-refractivity contribution in [2.24, 2.45) is 0 Å². The first-order valence-electron chi connectivity index (χ1n) is 5.60. The molecule has 1 aromatic heterocycles. The molecule has 1 atom stereocenters. The van der Waals surface area contributed by atoms with Crippen molar-refractivity contribution in [2.75, 3.05) is 23.7 Å². The summed E-state index contributed by atoms with van der Waals surface area (Å²) in [6.07, 6.45) is 0.153. The molecular weight excluding hydrogens is 224 g/mol. The van der Waals surface area contributed by atoms with E-state index in [9.17, 15) is 14.7 Å².